The first-order valence-corrected chi connectivity index (χ1v) is 6.30. The van der Waals surface area contributed by atoms with E-state index in [0.717, 1.165) is 11.3 Å². The Morgan fingerprint density at radius 3 is 2.25 bits per heavy atom. The highest BCUT2D eigenvalue weighted by molar-refractivity contribution is 6.01. The average molecular weight is 274 g/mol. The molecule has 0 saturated carbocycles. The predicted molar refractivity (Wildman–Crippen MR) is 82.6 cm³/mol. The molecule has 0 unspecified atom stereocenters. The van der Waals surface area contributed by atoms with Crippen LogP contribution < -0.4 is 11.1 Å². The van der Waals surface area contributed by atoms with Crippen LogP contribution in [0, 0.1) is 0 Å². The van der Waals surface area contributed by atoms with Crippen molar-refractivity contribution in [2.24, 2.45) is 5.73 Å². The highest BCUT2D eigenvalue weighted by Gasteiger charge is 2.08. The zero-order valence-corrected chi connectivity index (χ0v) is 12.3. The van der Waals surface area contributed by atoms with E-state index < -0.39 is 5.91 Å². The summed E-state index contributed by atoms with van der Waals surface area (Å²) in [6, 6.07) is 0. The zero-order chi connectivity index (χ0) is 15.7. The first-order chi connectivity index (χ1) is 9.31. The van der Waals surface area contributed by atoms with Crippen molar-refractivity contribution in [3.05, 3.63) is 59.9 Å². The lowest BCUT2D eigenvalue weighted by molar-refractivity contribution is -0.116. The summed E-state index contributed by atoms with van der Waals surface area (Å²) in [6.45, 7) is 13.0. The Kier molecular flexibility index (Phi) is 7.67. The minimum atomic E-state index is -0.648. The average Bonchev–Trinajstić information content (AvgIpc) is 2.39. The Labute approximate surface area is 120 Å². The molecule has 20 heavy (non-hydrogen) atoms. The van der Waals surface area contributed by atoms with E-state index in [-0.39, 0.29) is 17.1 Å². The lowest BCUT2D eigenvalue weighted by Crippen LogP contribution is -2.23. The van der Waals surface area contributed by atoms with E-state index in [1.165, 1.54) is 12.2 Å². The third-order valence-electron chi connectivity index (χ3n) is 2.40. The molecule has 3 N–H and O–H groups in total. The van der Waals surface area contributed by atoms with Crippen LogP contribution in [0.4, 0.5) is 0 Å². The van der Waals surface area contributed by atoms with E-state index in [2.05, 4.69) is 18.5 Å². The predicted octanol–water partition coefficient (Wildman–Crippen LogP) is 2.52. The fourth-order valence-corrected chi connectivity index (χ4v) is 1.23. The highest BCUT2D eigenvalue weighted by atomic mass is 16.2. The molecule has 0 saturated heterocycles. The number of nitrogens with two attached hydrogens (primary N) is 1. The third-order valence-corrected chi connectivity index (χ3v) is 2.40. The topological polar surface area (TPSA) is 72.2 Å². The summed E-state index contributed by atoms with van der Waals surface area (Å²) in [7, 11) is 0. The molecule has 0 aliphatic heterocycles. The molecule has 4 nitrogen and oxygen atoms in total. The van der Waals surface area contributed by atoms with Crippen molar-refractivity contribution in [3.63, 3.8) is 0 Å². The third kappa shape index (κ3) is 6.54. The Morgan fingerprint density at radius 1 is 1.25 bits per heavy atom. The number of hydrogen-bond acceptors (Lipinski definition) is 2. The lowest BCUT2D eigenvalue weighted by Gasteiger charge is -2.07. The smallest absolute Gasteiger partial charge is 0.254 e. The minimum absolute atomic E-state index is 0.148. The number of hydrogen-bond donors (Lipinski definition) is 2. The van der Waals surface area contributed by atoms with E-state index in [1.54, 1.807) is 0 Å². The zero-order valence-electron chi connectivity index (χ0n) is 12.3. The van der Waals surface area contributed by atoms with Gasteiger partial charge in [-0.05, 0) is 32.4 Å². The molecule has 0 rings (SSSR count). The second-order valence-corrected chi connectivity index (χ2v) is 4.44. The van der Waals surface area contributed by atoms with Crippen LogP contribution in [0.1, 0.15) is 27.2 Å². The number of nitrogens with one attached hydrogen (secondary N) is 1. The van der Waals surface area contributed by atoms with Crippen LogP contribution in [-0.2, 0) is 9.59 Å². The summed E-state index contributed by atoms with van der Waals surface area (Å²) < 4.78 is 0. The van der Waals surface area contributed by atoms with Crippen LogP contribution in [0.2, 0.25) is 0 Å². The molecule has 2 amide bonds. The molecule has 0 fully saturated rings. The normalized spacial score (nSPS) is 11.6. The molecule has 108 valence electrons. The standard InChI is InChI=1S/C16H22N2O2/c1-6-13(15(17)19)10-12(5)16(20)18-14(7-2)9-8-11(3)4/h6,8-10H,1,5,7H2,2-4H3,(H2,17,19)(H,18,20)/b13-10+,14-9+. The molecule has 0 aromatic heterocycles. The van der Waals surface area contributed by atoms with E-state index in [1.807, 2.05) is 32.9 Å². The summed E-state index contributed by atoms with van der Waals surface area (Å²) >= 11 is 0. The second kappa shape index (κ2) is 8.69. The van der Waals surface area contributed by atoms with Gasteiger partial charge in [0, 0.05) is 16.8 Å². The van der Waals surface area contributed by atoms with Gasteiger partial charge in [0.2, 0.25) is 5.91 Å². The van der Waals surface area contributed by atoms with Crippen LogP contribution in [0.15, 0.2) is 59.9 Å². The molecule has 4 heteroatoms. The van der Waals surface area contributed by atoms with Crippen molar-refractivity contribution in [3.8, 4) is 0 Å². The van der Waals surface area contributed by atoms with Gasteiger partial charge in [-0.15, -0.1) is 0 Å². The summed E-state index contributed by atoms with van der Waals surface area (Å²) in [6.07, 6.45) is 7.04. The van der Waals surface area contributed by atoms with Gasteiger partial charge in [-0.1, -0.05) is 37.8 Å². The Bertz CT molecular complexity index is 505. The number of rotatable bonds is 7. The van der Waals surface area contributed by atoms with Crippen molar-refractivity contribution >= 4 is 11.8 Å². The van der Waals surface area contributed by atoms with E-state index in [9.17, 15) is 9.59 Å². The van der Waals surface area contributed by atoms with Crippen LogP contribution in [0.5, 0.6) is 0 Å². The van der Waals surface area contributed by atoms with Crippen molar-refractivity contribution in [1.29, 1.82) is 0 Å². The molecule has 0 atom stereocenters. The molecular formula is C16H22N2O2. The van der Waals surface area contributed by atoms with Crippen LogP contribution in [-0.4, -0.2) is 11.8 Å². The highest BCUT2D eigenvalue weighted by Crippen LogP contribution is 2.05. The van der Waals surface area contributed by atoms with Gasteiger partial charge in [0.25, 0.3) is 5.91 Å². The Hall–Kier alpha value is -2.36. The monoisotopic (exact) mass is 274 g/mol. The van der Waals surface area contributed by atoms with Gasteiger partial charge in [0.15, 0.2) is 0 Å². The van der Waals surface area contributed by atoms with Gasteiger partial charge < -0.3 is 11.1 Å². The first kappa shape index (κ1) is 17.6. The maximum absolute atomic E-state index is 11.9. The van der Waals surface area contributed by atoms with Crippen molar-refractivity contribution in [2.45, 2.75) is 27.2 Å². The van der Waals surface area contributed by atoms with E-state index in [0.29, 0.717) is 6.42 Å². The Balaban J connectivity index is 4.96. The largest absolute Gasteiger partial charge is 0.366 e. The number of primary amides is 1. The van der Waals surface area contributed by atoms with Crippen molar-refractivity contribution < 1.29 is 9.59 Å². The van der Waals surface area contributed by atoms with Crippen LogP contribution in [0.3, 0.4) is 0 Å². The molecule has 0 aromatic rings. The molecule has 0 aromatic carbocycles. The van der Waals surface area contributed by atoms with Crippen LogP contribution >= 0.6 is 0 Å². The molecule has 0 aliphatic carbocycles. The summed E-state index contributed by atoms with van der Waals surface area (Å²) in [5, 5.41) is 2.74. The number of allylic oxidation sites excluding steroid dienone is 4. The van der Waals surface area contributed by atoms with Gasteiger partial charge in [0.05, 0.1) is 0 Å². The summed E-state index contributed by atoms with van der Waals surface area (Å²) in [5.41, 5.74) is 7.33. The van der Waals surface area contributed by atoms with Gasteiger partial charge in [-0.25, -0.2) is 0 Å². The van der Waals surface area contributed by atoms with Gasteiger partial charge >= 0.3 is 0 Å². The van der Waals surface area contributed by atoms with Gasteiger partial charge in [-0.3, -0.25) is 9.59 Å². The van der Waals surface area contributed by atoms with E-state index >= 15 is 0 Å². The fraction of sp³-hybridized carbons (Fsp3) is 0.250. The molecule has 0 spiro atoms. The van der Waals surface area contributed by atoms with Crippen LogP contribution in [0.25, 0.3) is 0 Å². The van der Waals surface area contributed by atoms with E-state index in [4.69, 9.17) is 5.73 Å². The Morgan fingerprint density at radius 2 is 1.85 bits per heavy atom. The first-order valence-electron chi connectivity index (χ1n) is 6.30. The lowest BCUT2D eigenvalue weighted by atomic mass is 10.1. The van der Waals surface area contributed by atoms with Gasteiger partial charge in [-0.2, -0.15) is 0 Å². The maximum Gasteiger partial charge on any atom is 0.254 e. The summed E-state index contributed by atoms with van der Waals surface area (Å²) in [5.74, 6) is -1.02. The van der Waals surface area contributed by atoms with Crippen molar-refractivity contribution in [1.82, 2.24) is 5.32 Å². The summed E-state index contributed by atoms with van der Waals surface area (Å²) in [4.78, 5) is 23.0. The maximum atomic E-state index is 11.9. The molecule has 0 aliphatic rings. The quantitative estimate of drug-likeness (QED) is 0.553. The fourth-order valence-electron chi connectivity index (χ4n) is 1.23. The van der Waals surface area contributed by atoms with Gasteiger partial charge in [0.1, 0.15) is 0 Å². The second-order valence-electron chi connectivity index (χ2n) is 4.44. The number of carbonyl (C=O) groups excluding carboxylic acids is 2. The van der Waals surface area contributed by atoms with Crippen molar-refractivity contribution in [2.75, 3.05) is 0 Å². The number of carbonyl (C=O) groups is 2. The molecule has 0 heterocycles. The molecule has 0 bridgehead atoms. The minimum Gasteiger partial charge on any atom is -0.366 e. The number of amides is 2. The SMILES string of the molecule is C=C/C(=C\C(=C)C(=O)N/C(=C/C=C(C)C)CC)C(N)=O. The molecule has 0 radical (unpaired) electrons. The molecular weight excluding hydrogens is 252 g/mol.